The molecular weight excluding hydrogens is 285 g/mol. The monoisotopic (exact) mass is 296 g/mol. The van der Waals surface area contributed by atoms with Crippen LogP contribution in [0.15, 0.2) is 0 Å². The zero-order valence-corrected chi connectivity index (χ0v) is 10.8. The average Bonchev–Trinajstić information content (AvgIpc) is 2.85. The van der Waals surface area contributed by atoms with Crippen LogP contribution in [0.4, 0.5) is 13.2 Å². The molecule has 1 amide bonds. The number of hydrogen-bond donors (Lipinski definition) is 2. The fourth-order valence-electron chi connectivity index (χ4n) is 1.96. The lowest BCUT2D eigenvalue weighted by atomic mass is 10.2. The van der Waals surface area contributed by atoms with E-state index >= 15 is 0 Å². The molecule has 1 aliphatic heterocycles. The van der Waals surface area contributed by atoms with E-state index in [1.165, 1.54) is 7.05 Å². The van der Waals surface area contributed by atoms with Crippen LogP contribution in [0.2, 0.25) is 5.02 Å². The number of aryl methyl sites for hydroxylation is 1. The second kappa shape index (κ2) is 5.01. The molecule has 1 aromatic rings. The van der Waals surface area contributed by atoms with Crippen molar-refractivity contribution in [1.29, 1.82) is 0 Å². The highest BCUT2D eigenvalue weighted by Crippen LogP contribution is 2.35. The number of amides is 1. The summed E-state index contributed by atoms with van der Waals surface area (Å²) in [7, 11) is 1.25. The molecule has 0 aliphatic carbocycles. The molecule has 1 fully saturated rings. The second-order valence-corrected chi connectivity index (χ2v) is 4.67. The van der Waals surface area contributed by atoms with E-state index in [9.17, 15) is 18.0 Å². The molecule has 19 heavy (non-hydrogen) atoms. The van der Waals surface area contributed by atoms with Gasteiger partial charge in [-0.3, -0.25) is 9.48 Å². The van der Waals surface area contributed by atoms with Crippen LogP contribution in [0, 0.1) is 0 Å². The number of carbonyl (C=O) groups is 1. The van der Waals surface area contributed by atoms with Gasteiger partial charge in [0.1, 0.15) is 10.7 Å². The molecule has 2 heterocycles. The van der Waals surface area contributed by atoms with E-state index in [2.05, 4.69) is 15.7 Å². The van der Waals surface area contributed by atoms with Crippen LogP contribution in [-0.4, -0.2) is 34.8 Å². The van der Waals surface area contributed by atoms with Crippen LogP contribution >= 0.6 is 11.6 Å². The highest BCUT2D eigenvalue weighted by atomic mass is 35.5. The van der Waals surface area contributed by atoms with Crippen molar-refractivity contribution in [3.63, 3.8) is 0 Å². The largest absolute Gasteiger partial charge is 0.436 e. The fourth-order valence-corrected chi connectivity index (χ4v) is 2.31. The molecule has 2 N–H and O–H groups in total. The van der Waals surface area contributed by atoms with Crippen LogP contribution in [-0.2, 0) is 13.2 Å². The first-order valence-electron chi connectivity index (χ1n) is 5.62. The minimum Gasteiger partial charge on any atom is -0.347 e. The minimum absolute atomic E-state index is 0.104. The summed E-state index contributed by atoms with van der Waals surface area (Å²) in [6, 6.07) is -0.104. The van der Waals surface area contributed by atoms with Crippen LogP contribution in [0.3, 0.4) is 0 Å². The van der Waals surface area contributed by atoms with Gasteiger partial charge >= 0.3 is 6.18 Å². The summed E-state index contributed by atoms with van der Waals surface area (Å²) in [5, 5.41) is 8.26. The molecule has 0 radical (unpaired) electrons. The van der Waals surface area contributed by atoms with Crippen LogP contribution in [0.25, 0.3) is 0 Å². The van der Waals surface area contributed by atoms with E-state index in [0.717, 1.165) is 17.6 Å². The van der Waals surface area contributed by atoms with E-state index in [0.29, 0.717) is 6.54 Å². The molecule has 9 heteroatoms. The predicted molar refractivity (Wildman–Crippen MR) is 62.0 cm³/mol. The number of alkyl halides is 3. The van der Waals surface area contributed by atoms with Crippen molar-refractivity contribution in [2.24, 2.45) is 7.05 Å². The Hall–Kier alpha value is -1.28. The maximum atomic E-state index is 12.6. The first-order chi connectivity index (χ1) is 8.80. The van der Waals surface area contributed by atoms with Gasteiger partial charge in [0.15, 0.2) is 5.69 Å². The fraction of sp³-hybridized carbons (Fsp3) is 0.600. The standard InChI is InChI=1S/C10H12ClF3N4O/c1-18-7(6(11)8(17-18)10(12,13)14)9(19)16-5-2-3-15-4-5/h5,15H,2-4H2,1H3,(H,16,19)/t5-/m1/s1. The Bertz CT molecular complexity index is 494. The van der Waals surface area contributed by atoms with Gasteiger partial charge in [-0.2, -0.15) is 18.3 Å². The minimum atomic E-state index is -4.68. The van der Waals surface area contributed by atoms with E-state index in [-0.39, 0.29) is 11.7 Å². The van der Waals surface area contributed by atoms with Gasteiger partial charge in [0.2, 0.25) is 0 Å². The summed E-state index contributed by atoms with van der Waals surface area (Å²) >= 11 is 5.61. The molecule has 2 rings (SSSR count). The van der Waals surface area contributed by atoms with Crippen molar-refractivity contribution in [1.82, 2.24) is 20.4 Å². The van der Waals surface area contributed by atoms with Gasteiger partial charge in [-0.1, -0.05) is 11.6 Å². The van der Waals surface area contributed by atoms with Crippen molar-refractivity contribution in [2.75, 3.05) is 13.1 Å². The maximum Gasteiger partial charge on any atom is 0.436 e. The van der Waals surface area contributed by atoms with Crippen molar-refractivity contribution in [3.8, 4) is 0 Å². The lowest BCUT2D eigenvalue weighted by Gasteiger charge is -2.11. The molecular formula is C10H12ClF3N4O. The Kier molecular flexibility index (Phi) is 3.73. The Balaban J connectivity index is 2.24. The molecule has 0 bridgehead atoms. The summed E-state index contributed by atoms with van der Waals surface area (Å²) in [6.07, 6.45) is -3.95. The predicted octanol–water partition coefficient (Wildman–Crippen LogP) is 1.18. The number of hydrogen-bond acceptors (Lipinski definition) is 3. The molecule has 0 unspecified atom stereocenters. The molecule has 1 aliphatic rings. The van der Waals surface area contributed by atoms with Crippen molar-refractivity contribution in [3.05, 3.63) is 16.4 Å². The van der Waals surface area contributed by atoms with Gasteiger partial charge in [-0.05, 0) is 13.0 Å². The van der Waals surface area contributed by atoms with Crippen molar-refractivity contribution < 1.29 is 18.0 Å². The summed E-state index contributed by atoms with van der Waals surface area (Å²) in [4.78, 5) is 11.9. The number of aromatic nitrogens is 2. The zero-order chi connectivity index (χ0) is 14.2. The Morgan fingerprint density at radius 1 is 1.58 bits per heavy atom. The van der Waals surface area contributed by atoms with Gasteiger partial charge in [0.25, 0.3) is 5.91 Å². The molecule has 0 saturated carbocycles. The molecule has 1 saturated heterocycles. The van der Waals surface area contributed by atoms with E-state index in [4.69, 9.17) is 11.6 Å². The van der Waals surface area contributed by atoms with Gasteiger partial charge < -0.3 is 10.6 Å². The quantitative estimate of drug-likeness (QED) is 0.862. The zero-order valence-electron chi connectivity index (χ0n) is 10.0. The third kappa shape index (κ3) is 2.84. The molecule has 5 nitrogen and oxygen atoms in total. The Morgan fingerprint density at radius 2 is 2.26 bits per heavy atom. The van der Waals surface area contributed by atoms with E-state index in [1.54, 1.807) is 0 Å². The highest BCUT2D eigenvalue weighted by Gasteiger charge is 2.39. The SMILES string of the molecule is Cn1nc(C(F)(F)F)c(Cl)c1C(=O)N[C@@H]1CCNC1. The number of carbonyl (C=O) groups excluding carboxylic acids is 1. The molecule has 1 atom stereocenters. The Morgan fingerprint density at radius 3 is 2.74 bits per heavy atom. The topological polar surface area (TPSA) is 59.0 Å². The van der Waals surface area contributed by atoms with Crippen LogP contribution in [0.5, 0.6) is 0 Å². The summed E-state index contributed by atoms with van der Waals surface area (Å²) in [5.74, 6) is -0.649. The normalized spacial score (nSPS) is 19.7. The van der Waals surface area contributed by atoms with Gasteiger partial charge in [-0.15, -0.1) is 0 Å². The third-order valence-corrected chi connectivity index (χ3v) is 3.23. The number of nitrogens with zero attached hydrogens (tertiary/aromatic N) is 2. The summed E-state index contributed by atoms with van der Waals surface area (Å²) < 4.78 is 38.7. The number of rotatable bonds is 2. The van der Waals surface area contributed by atoms with E-state index < -0.39 is 22.8 Å². The molecule has 1 aromatic heterocycles. The molecule has 0 aromatic carbocycles. The van der Waals surface area contributed by atoms with Gasteiger partial charge in [-0.25, -0.2) is 0 Å². The molecule has 106 valence electrons. The highest BCUT2D eigenvalue weighted by molar-refractivity contribution is 6.34. The lowest BCUT2D eigenvalue weighted by molar-refractivity contribution is -0.141. The number of halogens is 4. The van der Waals surface area contributed by atoms with Gasteiger partial charge in [0, 0.05) is 19.6 Å². The molecule has 0 spiro atoms. The lowest BCUT2D eigenvalue weighted by Crippen LogP contribution is -2.37. The number of nitrogens with one attached hydrogen (secondary N) is 2. The van der Waals surface area contributed by atoms with E-state index in [1.807, 2.05) is 0 Å². The Labute approximate surface area is 112 Å². The third-order valence-electron chi connectivity index (χ3n) is 2.87. The average molecular weight is 297 g/mol. The summed E-state index contributed by atoms with van der Waals surface area (Å²) in [5.41, 5.74) is -1.52. The summed E-state index contributed by atoms with van der Waals surface area (Å²) in [6.45, 7) is 1.35. The second-order valence-electron chi connectivity index (χ2n) is 4.30. The van der Waals surface area contributed by atoms with Crippen molar-refractivity contribution >= 4 is 17.5 Å². The van der Waals surface area contributed by atoms with Crippen LogP contribution in [0.1, 0.15) is 22.6 Å². The first kappa shape index (κ1) is 14.1. The van der Waals surface area contributed by atoms with Crippen molar-refractivity contribution in [2.45, 2.75) is 18.6 Å². The first-order valence-corrected chi connectivity index (χ1v) is 5.99. The smallest absolute Gasteiger partial charge is 0.347 e. The van der Waals surface area contributed by atoms with Gasteiger partial charge in [0.05, 0.1) is 0 Å². The van der Waals surface area contributed by atoms with Crippen LogP contribution < -0.4 is 10.6 Å². The maximum absolute atomic E-state index is 12.6.